The van der Waals surface area contributed by atoms with Crippen molar-refractivity contribution in [3.05, 3.63) is 110 Å². The largest absolute Gasteiger partial charge is 0.480 e. The summed E-state index contributed by atoms with van der Waals surface area (Å²) in [5.74, 6) is 1.42. The number of halogens is 3. The fourth-order valence-corrected chi connectivity index (χ4v) is 4.99. The second-order valence-corrected chi connectivity index (χ2v) is 8.88. The zero-order valence-corrected chi connectivity index (χ0v) is 18.7. The molecule has 158 valence electrons. The van der Waals surface area contributed by atoms with Crippen LogP contribution in [0.2, 0.25) is 15.1 Å². The highest BCUT2D eigenvalue weighted by molar-refractivity contribution is 6.35. The van der Waals surface area contributed by atoms with Gasteiger partial charge in [-0.15, -0.1) is 0 Å². The minimum Gasteiger partial charge on any atom is -0.480 e. The van der Waals surface area contributed by atoms with Gasteiger partial charge in [-0.05, 0) is 42.0 Å². The Hall–Kier alpha value is -2.99. The van der Waals surface area contributed by atoms with E-state index in [4.69, 9.17) is 39.5 Å². The highest BCUT2D eigenvalue weighted by Crippen LogP contribution is 2.51. The van der Waals surface area contributed by atoms with E-state index in [1.165, 1.54) is 0 Å². The summed E-state index contributed by atoms with van der Waals surface area (Å²) in [6.07, 6.45) is 1.08. The maximum atomic E-state index is 6.66. The molecule has 0 amide bonds. The molecule has 8 heteroatoms. The Bertz CT molecular complexity index is 1380. The van der Waals surface area contributed by atoms with Gasteiger partial charge in [0, 0.05) is 31.8 Å². The topological polar surface area (TPSA) is 52.0 Å². The Labute approximate surface area is 199 Å². The highest BCUT2D eigenvalue weighted by Gasteiger charge is 2.41. The number of aromatic nitrogens is 3. The van der Waals surface area contributed by atoms with Gasteiger partial charge in [-0.1, -0.05) is 65.1 Å². The first-order valence-electron chi connectivity index (χ1n) is 9.97. The molecule has 1 aromatic heterocycles. The van der Waals surface area contributed by atoms with Gasteiger partial charge in [0.2, 0.25) is 5.95 Å². The Morgan fingerprint density at radius 2 is 1.69 bits per heavy atom. The van der Waals surface area contributed by atoms with Crippen LogP contribution in [0.5, 0.6) is 5.75 Å². The van der Waals surface area contributed by atoms with Crippen molar-refractivity contribution in [1.82, 2.24) is 14.8 Å². The number of rotatable bonds is 2. The summed E-state index contributed by atoms with van der Waals surface area (Å²) in [5.41, 5.74) is 4.70. The second-order valence-electron chi connectivity index (χ2n) is 7.60. The summed E-state index contributed by atoms with van der Waals surface area (Å²) < 4.78 is 8.42. The van der Waals surface area contributed by atoms with Crippen LogP contribution in [0.1, 0.15) is 28.8 Å². The standard InChI is InChI=1S/C24H15Cl3N4O/c25-14-7-5-13(6-8-14)22-20-21(30-24-28-12-29-31(22)24)17-3-1-2-4-19(17)32-23(20)16-10-9-15(26)11-18(16)27/h1-12,22-23H,(H,28,29,30). The zero-order valence-electron chi connectivity index (χ0n) is 16.5. The predicted octanol–water partition coefficient (Wildman–Crippen LogP) is 6.80. The Morgan fingerprint density at radius 3 is 2.50 bits per heavy atom. The highest BCUT2D eigenvalue weighted by atomic mass is 35.5. The van der Waals surface area contributed by atoms with E-state index in [-0.39, 0.29) is 6.04 Å². The molecule has 0 aliphatic carbocycles. The van der Waals surface area contributed by atoms with Gasteiger partial charge in [0.25, 0.3) is 0 Å². The van der Waals surface area contributed by atoms with Gasteiger partial charge < -0.3 is 10.1 Å². The van der Waals surface area contributed by atoms with Crippen LogP contribution in [-0.2, 0) is 0 Å². The summed E-state index contributed by atoms with van der Waals surface area (Å²) in [4.78, 5) is 4.44. The van der Waals surface area contributed by atoms with E-state index in [1.807, 2.05) is 65.3 Å². The molecule has 0 saturated carbocycles. The normalized spacial score (nSPS) is 18.8. The number of nitrogens with one attached hydrogen (secondary N) is 1. The van der Waals surface area contributed by atoms with Crippen molar-refractivity contribution in [3.8, 4) is 5.75 Å². The molecule has 3 aromatic carbocycles. The van der Waals surface area contributed by atoms with E-state index in [0.717, 1.165) is 33.7 Å². The molecule has 1 N–H and O–H groups in total. The SMILES string of the molecule is Clc1ccc(C2C3=C(Nc4ncnn42)c2ccccc2OC3c2ccc(Cl)cc2Cl)cc1. The number of nitrogens with zero attached hydrogens (tertiary/aromatic N) is 3. The van der Waals surface area contributed by atoms with Gasteiger partial charge in [0.05, 0.1) is 5.70 Å². The third-order valence-electron chi connectivity index (χ3n) is 5.75. The second kappa shape index (κ2) is 7.55. The Balaban J connectivity index is 1.64. The van der Waals surface area contributed by atoms with E-state index in [1.54, 1.807) is 12.4 Å². The number of ether oxygens (including phenoxy) is 1. The van der Waals surface area contributed by atoms with Gasteiger partial charge in [0.1, 0.15) is 18.1 Å². The van der Waals surface area contributed by atoms with Crippen molar-refractivity contribution in [2.24, 2.45) is 0 Å². The minimum atomic E-state index is -0.463. The lowest BCUT2D eigenvalue weighted by Gasteiger charge is -2.39. The first-order valence-corrected chi connectivity index (χ1v) is 11.1. The molecule has 3 heterocycles. The van der Waals surface area contributed by atoms with Crippen molar-refractivity contribution in [2.75, 3.05) is 5.32 Å². The van der Waals surface area contributed by atoms with Gasteiger partial charge in [0.15, 0.2) is 6.10 Å². The Morgan fingerprint density at radius 1 is 0.906 bits per heavy atom. The van der Waals surface area contributed by atoms with Crippen molar-refractivity contribution < 1.29 is 4.74 Å². The third-order valence-corrected chi connectivity index (χ3v) is 6.57. The molecule has 4 aromatic rings. The van der Waals surface area contributed by atoms with Crippen molar-refractivity contribution >= 4 is 46.4 Å². The first kappa shape index (κ1) is 19.7. The minimum absolute atomic E-state index is 0.272. The van der Waals surface area contributed by atoms with Crippen LogP contribution in [0.25, 0.3) is 5.70 Å². The summed E-state index contributed by atoms with van der Waals surface area (Å²) in [6.45, 7) is 0. The molecular weight excluding hydrogens is 467 g/mol. The van der Waals surface area contributed by atoms with Crippen LogP contribution in [0.15, 0.2) is 78.6 Å². The number of benzene rings is 3. The smallest absolute Gasteiger partial charge is 0.226 e. The molecule has 2 atom stereocenters. The molecule has 2 aliphatic rings. The maximum Gasteiger partial charge on any atom is 0.226 e. The van der Waals surface area contributed by atoms with E-state index in [9.17, 15) is 0 Å². The average molecular weight is 482 g/mol. The van der Waals surface area contributed by atoms with Gasteiger partial charge in [-0.25, -0.2) is 4.68 Å². The number of para-hydroxylation sites is 1. The first-order chi connectivity index (χ1) is 15.6. The van der Waals surface area contributed by atoms with Crippen LogP contribution in [0.3, 0.4) is 0 Å². The summed E-state index contributed by atoms with van der Waals surface area (Å²) in [5, 5.41) is 9.75. The van der Waals surface area contributed by atoms with E-state index in [0.29, 0.717) is 21.0 Å². The summed E-state index contributed by atoms with van der Waals surface area (Å²) >= 11 is 19.0. The zero-order chi connectivity index (χ0) is 21.8. The van der Waals surface area contributed by atoms with Crippen LogP contribution in [0, 0.1) is 0 Å². The molecule has 0 spiro atoms. The van der Waals surface area contributed by atoms with E-state index < -0.39 is 6.10 Å². The number of hydrogen-bond donors (Lipinski definition) is 1. The van der Waals surface area contributed by atoms with Crippen molar-refractivity contribution in [1.29, 1.82) is 0 Å². The molecule has 0 saturated heterocycles. The van der Waals surface area contributed by atoms with Crippen LogP contribution in [-0.4, -0.2) is 14.8 Å². The Kier molecular flexibility index (Phi) is 4.65. The van der Waals surface area contributed by atoms with Crippen LogP contribution < -0.4 is 10.1 Å². The van der Waals surface area contributed by atoms with Crippen molar-refractivity contribution in [3.63, 3.8) is 0 Å². The molecule has 0 bridgehead atoms. The number of hydrogen-bond acceptors (Lipinski definition) is 4. The molecule has 0 fully saturated rings. The quantitative estimate of drug-likeness (QED) is 0.342. The number of fused-ring (bicyclic) bond motifs is 3. The van der Waals surface area contributed by atoms with Crippen LogP contribution in [0.4, 0.5) is 5.95 Å². The van der Waals surface area contributed by atoms with Crippen LogP contribution >= 0.6 is 34.8 Å². The average Bonchev–Trinajstić information content (AvgIpc) is 3.26. The molecule has 2 unspecified atom stereocenters. The lowest BCUT2D eigenvalue weighted by molar-refractivity contribution is 0.223. The maximum absolute atomic E-state index is 6.66. The molecule has 32 heavy (non-hydrogen) atoms. The summed E-state index contributed by atoms with van der Waals surface area (Å²) in [7, 11) is 0. The number of anilines is 1. The van der Waals surface area contributed by atoms with Crippen molar-refractivity contribution in [2.45, 2.75) is 12.1 Å². The fourth-order valence-electron chi connectivity index (χ4n) is 4.36. The van der Waals surface area contributed by atoms with Gasteiger partial charge in [-0.2, -0.15) is 10.1 Å². The van der Waals surface area contributed by atoms with Gasteiger partial charge in [-0.3, -0.25) is 0 Å². The predicted molar refractivity (Wildman–Crippen MR) is 126 cm³/mol. The van der Waals surface area contributed by atoms with Gasteiger partial charge >= 0.3 is 0 Å². The molecule has 5 nitrogen and oxygen atoms in total. The molecule has 0 radical (unpaired) electrons. The van der Waals surface area contributed by atoms with E-state index in [2.05, 4.69) is 15.4 Å². The third kappa shape index (κ3) is 3.08. The lowest BCUT2D eigenvalue weighted by Crippen LogP contribution is -2.32. The molecular formula is C24H15Cl3N4O. The molecule has 6 rings (SSSR count). The fraction of sp³-hybridized carbons (Fsp3) is 0.0833. The summed E-state index contributed by atoms with van der Waals surface area (Å²) in [6, 6.07) is 20.8. The lowest BCUT2D eigenvalue weighted by atomic mass is 9.84. The monoisotopic (exact) mass is 480 g/mol. The molecule has 2 aliphatic heterocycles. The van der Waals surface area contributed by atoms with E-state index >= 15 is 0 Å².